The van der Waals surface area contributed by atoms with E-state index in [0.717, 1.165) is 11.1 Å². The average Bonchev–Trinajstić information content (AvgIpc) is 2.67. The molecule has 0 amide bonds. The molecule has 1 heterocycles. The minimum atomic E-state index is -1.75. The average molecular weight is 278 g/mol. The molecule has 0 atom stereocenters. The number of carbonyl (C=O) groups is 1. The fraction of sp³-hybridized carbons (Fsp3) is 0.533. The van der Waals surface area contributed by atoms with E-state index in [1.807, 2.05) is 18.2 Å². The molecular weight excluding hydrogens is 256 g/mol. The van der Waals surface area contributed by atoms with Crippen LogP contribution >= 0.6 is 0 Å². The van der Waals surface area contributed by atoms with E-state index < -0.39 is 8.32 Å². The number of esters is 1. The second-order valence-corrected chi connectivity index (χ2v) is 11.4. The molecule has 1 aliphatic heterocycles. The predicted molar refractivity (Wildman–Crippen MR) is 77.5 cm³/mol. The first-order valence-corrected chi connectivity index (χ1v) is 9.54. The molecule has 0 spiro atoms. The monoisotopic (exact) mass is 278 g/mol. The Balaban J connectivity index is 2.09. The highest BCUT2D eigenvalue weighted by molar-refractivity contribution is 6.74. The van der Waals surface area contributed by atoms with Gasteiger partial charge in [-0.3, -0.25) is 0 Å². The first-order chi connectivity index (χ1) is 8.71. The molecule has 3 nitrogen and oxygen atoms in total. The van der Waals surface area contributed by atoms with E-state index in [1.54, 1.807) is 0 Å². The van der Waals surface area contributed by atoms with Crippen molar-refractivity contribution in [1.29, 1.82) is 0 Å². The first kappa shape index (κ1) is 14.3. The van der Waals surface area contributed by atoms with Crippen molar-refractivity contribution in [3.05, 3.63) is 34.9 Å². The van der Waals surface area contributed by atoms with Gasteiger partial charge in [-0.15, -0.1) is 0 Å². The van der Waals surface area contributed by atoms with Crippen LogP contribution in [0.3, 0.4) is 0 Å². The number of cyclic esters (lactones) is 1. The minimum absolute atomic E-state index is 0.197. The van der Waals surface area contributed by atoms with E-state index >= 15 is 0 Å². The smallest absolute Gasteiger partial charge is 0.338 e. The SMILES string of the molecule is CC(C)(C)[Si](C)(C)OCc1ccc2c(c1)C(=O)OC2. The van der Waals surface area contributed by atoms with Crippen molar-refractivity contribution in [2.45, 2.75) is 52.1 Å². The van der Waals surface area contributed by atoms with Crippen LogP contribution in [0.2, 0.25) is 18.1 Å². The van der Waals surface area contributed by atoms with Gasteiger partial charge in [-0.25, -0.2) is 4.79 Å². The van der Waals surface area contributed by atoms with Crippen molar-refractivity contribution in [3.8, 4) is 0 Å². The molecule has 0 N–H and O–H groups in total. The van der Waals surface area contributed by atoms with Crippen LogP contribution in [0.5, 0.6) is 0 Å². The molecule has 19 heavy (non-hydrogen) atoms. The van der Waals surface area contributed by atoms with Crippen LogP contribution in [0.25, 0.3) is 0 Å². The van der Waals surface area contributed by atoms with Crippen molar-refractivity contribution in [1.82, 2.24) is 0 Å². The molecule has 1 aliphatic rings. The van der Waals surface area contributed by atoms with E-state index in [2.05, 4.69) is 33.9 Å². The Hall–Kier alpha value is -1.13. The predicted octanol–water partition coefficient (Wildman–Crippen LogP) is 3.88. The Morgan fingerprint density at radius 1 is 1.32 bits per heavy atom. The van der Waals surface area contributed by atoms with Crippen LogP contribution in [-0.4, -0.2) is 14.3 Å². The second kappa shape index (κ2) is 4.76. The van der Waals surface area contributed by atoms with Gasteiger partial charge in [0.25, 0.3) is 0 Å². The van der Waals surface area contributed by atoms with Crippen LogP contribution < -0.4 is 0 Å². The van der Waals surface area contributed by atoms with Gasteiger partial charge in [-0.05, 0) is 29.8 Å². The van der Waals surface area contributed by atoms with E-state index in [4.69, 9.17) is 9.16 Å². The van der Waals surface area contributed by atoms with E-state index in [1.165, 1.54) is 0 Å². The van der Waals surface area contributed by atoms with Gasteiger partial charge in [0.15, 0.2) is 8.32 Å². The normalized spacial score (nSPS) is 15.3. The number of hydrogen-bond acceptors (Lipinski definition) is 3. The number of ether oxygens (including phenoxy) is 1. The van der Waals surface area contributed by atoms with Crippen LogP contribution in [0.15, 0.2) is 18.2 Å². The molecule has 0 aliphatic carbocycles. The van der Waals surface area contributed by atoms with Gasteiger partial charge in [-0.2, -0.15) is 0 Å². The molecule has 1 aromatic rings. The Labute approximate surface area is 116 Å². The lowest BCUT2D eigenvalue weighted by atomic mass is 10.1. The van der Waals surface area contributed by atoms with Crippen LogP contribution in [0, 0.1) is 0 Å². The highest BCUT2D eigenvalue weighted by Gasteiger charge is 2.37. The molecule has 1 aromatic carbocycles. The zero-order valence-corrected chi connectivity index (χ0v) is 13.4. The Morgan fingerprint density at radius 2 is 2.00 bits per heavy atom. The Morgan fingerprint density at radius 3 is 2.63 bits per heavy atom. The molecule has 0 aromatic heterocycles. The van der Waals surface area contributed by atoms with Crippen LogP contribution in [0.4, 0.5) is 0 Å². The maximum Gasteiger partial charge on any atom is 0.338 e. The lowest BCUT2D eigenvalue weighted by Gasteiger charge is -2.36. The zero-order valence-electron chi connectivity index (χ0n) is 12.4. The van der Waals surface area contributed by atoms with Crippen LogP contribution in [0.1, 0.15) is 42.3 Å². The maximum atomic E-state index is 11.5. The lowest BCUT2D eigenvalue weighted by molar-refractivity contribution is 0.0535. The van der Waals surface area contributed by atoms with Gasteiger partial charge in [0, 0.05) is 5.56 Å². The largest absolute Gasteiger partial charge is 0.457 e. The van der Waals surface area contributed by atoms with Crippen molar-refractivity contribution >= 4 is 14.3 Å². The van der Waals surface area contributed by atoms with Crippen LogP contribution in [-0.2, 0) is 22.4 Å². The van der Waals surface area contributed by atoms with E-state index in [0.29, 0.717) is 18.8 Å². The maximum absolute atomic E-state index is 11.5. The van der Waals surface area contributed by atoms with Gasteiger partial charge in [-0.1, -0.05) is 32.9 Å². The zero-order chi connectivity index (χ0) is 14.3. The molecule has 104 valence electrons. The molecule has 0 bridgehead atoms. The Kier molecular flexibility index (Phi) is 3.58. The minimum Gasteiger partial charge on any atom is -0.457 e. The number of benzene rings is 1. The van der Waals surface area contributed by atoms with Crippen molar-refractivity contribution in [3.63, 3.8) is 0 Å². The number of carbonyl (C=O) groups excluding carboxylic acids is 1. The summed E-state index contributed by atoms with van der Waals surface area (Å²) in [4.78, 5) is 11.5. The number of fused-ring (bicyclic) bond motifs is 1. The summed E-state index contributed by atoms with van der Waals surface area (Å²) in [7, 11) is -1.75. The summed E-state index contributed by atoms with van der Waals surface area (Å²) in [5.74, 6) is -0.218. The fourth-order valence-electron chi connectivity index (χ4n) is 1.73. The van der Waals surface area contributed by atoms with Gasteiger partial charge in [0.05, 0.1) is 12.2 Å². The van der Waals surface area contributed by atoms with Crippen molar-refractivity contribution < 1.29 is 14.0 Å². The summed E-state index contributed by atoms with van der Waals surface area (Å²) in [6.07, 6.45) is 0. The third-order valence-corrected chi connectivity index (χ3v) is 8.64. The van der Waals surface area contributed by atoms with E-state index in [-0.39, 0.29) is 11.0 Å². The molecular formula is C15H22O3Si. The second-order valence-electron chi connectivity index (χ2n) is 6.62. The van der Waals surface area contributed by atoms with E-state index in [9.17, 15) is 4.79 Å². The highest BCUT2D eigenvalue weighted by atomic mass is 28.4. The summed E-state index contributed by atoms with van der Waals surface area (Å²) in [6.45, 7) is 12.1. The molecule has 4 heteroatoms. The summed E-state index contributed by atoms with van der Waals surface area (Å²) >= 11 is 0. The molecule has 0 saturated heterocycles. The topological polar surface area (TPSA) is 35.5 Å². The summed E-state index contributed by atoms with van der Waals surface area (Å²) in [5, 5.41) is 0.197. The molecule has 2 rings (SSSR count). The molecule has 0 unspecified atom stereocenters. The third-order valence-electron chi connectivity index (χ3n) is 4.16. The fourth-order valence-corrected chi connectivity index (χ4v) is 2.69. The van der Waals surface area contributed by atoms with Gasteiger partial charge in [0.1, 0.15) is 6.61 Å². The lowest BCUT2D eigenvalue weighted by Crippen LogP contribution is -2.40. The Bertz CT molecular complexity index is 501. The molecule has 0 fully saturated rings. The number of rotatable bonds is 3. The molecule has 0 saturated carbocycles. The summed E-state index contributed by atoms with van der Waals surface area (Å²) in [5.41, 5.74) is 2.71. The standard InChI is InChI=1S/C15H22O3Si/c1-15(2,3)19(4,5)18-9-11-6-7-12-10-17-14(16)13(12)8-11/h6-8H,9-10H2,1-5H3. The van der Waals surface area contributed by atoms with Gasteiger partial charge < -0.3 is 9.16 Å². The van der Waals surface area contributed by atoms with Crippen molar-refractivity contribution in [2.24, 2.45) is 0 Å². The molecule has 0 radical (unpaired) electrons. The number of hydrogen-bond donors (Lipinski definition) is 0. The summed E-state index contributed by atoms with van der Waals surface area (Å²) in [6, 6.07) is 5.89. The first-order valence-electron chi connectivity index (χ1n) is 6.63. The van der Waals surface area contributed by atoms with Gasteiger partial charge in [0.2, 0.25) is 0 Å². The summed E-state index contributed by atoms with van der Waals surface area (Å²) < 4.78 is 11.2. The van der Waals surface area contributed by atoms with Gasteiger partial charge >= 0.3 is 5.97 Å². The highest BCUT2D eigenvalue weighted by Crippen LogP contribution is 2.37. The quantitative estimate of drug-likeness (QED) is 0.622. The van der Waals surface area contributed by atoms with Crippen molar-refractivity contribution in [2.75, 3.05) is 0 Å². The third kappa shape index (κ3) is 2.90.